The van der Waals surface area contributed by atoms with Gasteiger partial charge in [-0.25, -0.2) is 9.40 Å². The number of hydrogen-bond acceptors (Lipinski definition) is 3. The van der Waals surface area contributed by atoms with Crippen molar-refractivity contribution in [2.75, 3.05) is 18.8 Å². The number of hydrazine groups is 1. The molecular weight excluding hydrogens is 221 g/mol. The molecule has 1 aromatic rings. The van der Waals surface area contributed by atoms with E-state index in [-0.39, 0.29) is 5.56 Å². The number of benzene rings is 1. The summed E-state index contributed by atoms with van der Waals surface area (Å²) in [4.78, 5) is 11.8. The van der Waals surface area contributed by atoms with E-state index in [4.69, 9.17) is 5.73 Å². The van der Waals surface area contributed by atoms with Crippen molar-refractivity contribution in [1.82, 2.24) is 10.4 Å². The lowest BCUT2D eigenvalue weighted by Gasteiger charge is -2.26. The number of halogens is 1. The molecule has 0 aromatic heterocycles. The first-order chi connectivity index (χ1) is 8.16. The van der Waals surface area contributed by atoms with Crippen LogP contribution in [0.5, 0.6) is 0 Å². The number of amides is 1. The van der Waals surface area contributed by atoms with Gasteiger partial charge >= 0.3 is 0 Å². The van der Waals surface area contributed by atoms with Gasteiger partial charge in [0.2, 0.25) is 0 Å². The Kier molecular flexibility index (Phi) is 3.58. The molecule has 1 heterocycles. The highest BCUT2D eigenvalue weighted by Crippen LogP contribution is 2.12. The zero-order valence-corrected chi connectivity index (χ0v) is 9.58. The van der Waals surface area contributed by atoms with Crippen molar-refractivity contribution in [2.45, 2.75) is 19.3 Å². The van der Waals surface area contributed by atoms with Crippen molar-refractivity contribution in [1.29, 1.82) is 0 Å². The van der Waals surface area contributed by atoms with Gasteiger partial charge in [-0.15, -0.1) is 0 Å². The predicted octanol–water partition coefficient (Wildman–Crippen LogP) is 1.54. The molecule has 0 atom stereocenters. The molecule has 0 spiro atoms. The Bertz CT molecular complexity index is 416. The standard InChI is InChI=1S/C12H16FN3O/c13-11-8-9(14)4-5-10(11)12(17)15-16-6-2-1-3-7-16/h4-5,8H,1-3,6-7,14H2,(H,15,17). The van der Waals surface area contributed by atoms with Gasteiger partial charge in [-0.05, 0) is 31.0 Å². The summed E-state index contributed by atoms with van der Waals surface area (Å²) < 4.78 is 13.5. The Morgan fingerprint density at radius 3 is 2.65 bits per heavy atom. The van der Waals surface area contributed by atoms with E-state index in [9.17, 15) is 9.18 Å². The number of carbonyl (C=O) groups is 1. The van der Waals surface area contributed by atoms with Gasteiger partial charge in [0, 0.05) is 18.8 Å². The normalized spacial score (nSPS) is 16.8. The molecule has 0 saturated carbocycles. The van der Waals surface area contributed by atoms with Gasteiger partial charge in [0.1, 0.15) is 5.82 Å². The number of nitrogens with zero attached hydrogens (tertiary/aromatic N) is 1. The van der Waals surface area contributed by atoms with E-state index in [1.165, 1.54) is 18.6 Å². The molecule has 1 aliphatic heterocycles. The summed E-state index contributed by atoms with van der Waals surface area (Å²) in [5, 5.41) is 1.83. The maximum atomic E-state index is 13.5. The molecule has 1 aromatic carbocycles. The monoisotopic (exact) mass is 237 g/mol. The second-order valence-electron chi connectivity index (χ2n) is 4.23. The van der Waals surface area contributed by atoms with Crippen molar-refractivity contribution in [2.24, 2.45) is 0 Å². The molecule has 17 heavy (non-hydrogen) atoms. The molecule has 92 valence electrons. The summed E-state index contributed by atoms with van der Waals surface area (Å²) in [5.41, 5.74) is 8.49. The van der Waals surface area contributed by atoms with E-state index < -0.39 is 11.7 Å². The van der Waals surface area contributed by atoms with Gasteiger partial charge in [-0.1, -0.05) is 6.42 Å². The van der Waals surface area contributed by atoms with E-state index in [0.717, 1.165) is 32.0 Å². The molecule has 3 N–H and O–H groups in total. The van der Waals surface area contributed by atoms with E-state index >= 15 is 0 Å². The number of nitrogen functional groups attached to an aromatic ring is 1. The average molecular weight is 237 g/mol. The lowest BCUT2D eigenvalue weighted by molar-refractivity contribution is 0.0746. The van der Waals surface area contributed by atoms with Crippen LogP contribution in [0.15, 0.2) is 18.2 Å². The zero-order valence-electron chi connectivity index (χ0n) is 9.58. The Morgan fingerprint density at radius 1 is 1.29 bits per heavy atom. The highest BCUT2D eigenvalue weighted by Gasteiger charge is 2.16. The number of rotatable bonds is 2. The van der Waals surface area contributed by atoms with Crippen LogP contribution in [0.3, 0.4) is 0 Å². The number of carbonyl (C=O) groups excluding carboxylic acids is 1. The Labute approximate surface area is 99.6 Å². The summed E-state index contributed by atoms with van der Waals surface area (Å²) in [5.74, 6) is -0.996. The van der Waals surface area contributed by atoms with Crippen LogP contribution < -0.4 is 11.2 Å². The molecular formula is C12H16FN3O. The summed E-state index contributed by atoms with van der Waals surface area (Å²) in [6.45, 7) is 1.64. The van der Waals surface area contributed by atoms with Gasteiger partial charge in [0.15, 0.2) is 0 Å². The lowest BCUT2D eigenvalue weighted by Crippen LogP contribution is -2.45. The van der Waals surface area contributed by atoms with Crippen LogP contribution >= 0.6 is 0 Å². The fourth-order valence-corrected chi connectivity index (χ4v) is 1.93. The fraction of sp³-hybridized carbons (Fsp3) is 0.417. The molecule has 1 saturated heterocycles. The minimum atomic E-state index is -0.584. The number of piperidine rings is 1. The minimum absolute atomic E-state index is 0.0322. The Hall–Kier alpha value is -1.62. The average Bonchev–Trinajstić information content (AvgIpc) is 2.30. The third-order valence-electron chi connectivity index (χ3n) is 2.85. The quantitative estimate of drug-likeness (QED) is 0.767. The summed E-state index contributed by atoms with van der Waals surface area (Å²) in [6, 6.07) is 4.09. The van der Waals surface area contributed by atoms with E-state index in [1.54, 1.807) is 0 Å². The third kappa shape index (κ3) is 2.94. The fourth-order valence-electron chi connectivity index (χ4n) is 1.93. The molecule has 5 heteroatoms. The maximum absolute atomic E-state index is 13.5. The molecule has 4 nitrogen and oxygen atoms in total. The van der Waals surface area contributed by atoms with Crippen LogP contribution in [0.4, 0.5) is 10.1 Å². The van der Waals surface area contributed by atoms with Crippen LogP contribution in [0.25, 0.3) is 0 Å². The molecule has 0 aliphatic carbocycles. The molecule has 2 rings (SSSR count). The van der Waals surface area contributed by atoms with Crippen LogP contribution in [0.2, 0.25) is 0 Å². The maximum Gasteiger partial charge on any atom is 0.268 e. The molecule has 1 aliphatic rings. The highest BCUT2D eigenvalue weighted by molar-refractivity contribution is 5.94. The summed E-state index contributed by atoms with van der Waals surface area (Å²) in [6.07, 6.45) is 3.30. The predicted molar refractivity (Wildman–Crippen MR) is 63.7 cm³/mol. The topological polar surface area (TPSA) is 58.4 Å². The van der Waals surface area contributed by atoms with E-state index in [1.807, 2.05) is 5.01 Å². The first-order valence-electron chi connectivity index (χ1n) is 5.78. The number of nitrogens with two attached hydrogens (primary N) is 1. The van der Waals surface area contributed by atoms with Gasteiger partial charge in [0.05, 0.1) is 5.56 Å². The van der Waals surface area contributed by atoms with Crippen molar-refractivity contribution in [3.63, 3.8) is 0 Å². The molecule has 0 bridgehead atoms. The second kappa shape index (κ2) is 5.14. The first-order valence-corrected chi connectivity index (χ1v) is 5.78. The molecule has 0 radical (unpaired) electrons. The second-order valence-corrected chi connectivity index (χ2v) is 4.23. The van der Waals surface area contributed by atoms with Gasteiger partial charge in [-0.3, -0.25) is 10.2 Å². The van der Waals surface area contributed by atoms with Crippen LogP contribution in [0.1, 0.15) is 29.6 Å². The first kappa shape index (κ1) is 11.9. The van der Waals surface area contributed by atoms with Crippen LogP contribution in [-0.2, 0) is 0 Å². The Morgan fingerprint density at radius 2 is 2.00 bits per heavy atom. The SMILES string of the molecule is Nc1ccc(C(=O)NN2CCCCC2)c(F)c1. The number of anilines is 1. The minimum Gasteiger partial charge on any atom is -0.399 e. The summed E-state index contributed by atoms with van der Waals surface area (Å²) >= 11 is 0. The van der Waals surface area contributed by atoms with Gasteiger partial charge in [0.25, 0.3) is 5.91 Å². The zero-order chi connectivity index (χ0) is 12.3. The van der Waals surface area contributed by atoms with Crippen molar-refractivity contribution < 1.29 is 9.18 Å². The van der Waals surface area contributed by atoms with Gasteiger partial charge < -0.3 is 5.73 Å². The smallest absolute Gasteiger partial charge is 0.268 e. The van der Waals surface area contributed by atoms with Crippen LogP contribution in [-0.4, -0.2) is 24.0 Å². The van der Waals surface area contributed by atoms with Crippen LogP contribution in [0, 0.1) is 5.82 Å². The molecule has 1 fully saturated rings. The Balaban J connectivity index is 2.03. The van der Waals surface area contributed by atoms with Gasteiger partial charge in [-0.2, -0.15) is 0 Å². The van der Waals surface area contributed by atoms with Crippen molar-refractivity contribution >= 4 is 11.6 Å². The number of nitrogens with one attached hydrogen (secondary N) is 1. The molecule has 0 unspecified atom stereocenters. The number of hydrogen-bond donors (Lipinski definition) is 2. The van der Waals surface area contributed by atoms with E-state index in [0.29, 0.717) is 5.69 Å². The van der Waals surface area contributed by atoms with E-state index in [2.05, 4.69) is 5.43 Å². The molecule has 1 amide bonds. The largest absolute Gasteiger partial charge is 0.399 e. The highest BCUT2D eigenvalue weighted by atomic mass is 19.1. The van der Waals surface area contributed by atoms with Crippen molar-refractivity contribution in [3.8, 4) is 0 Å². The third-order valence-corrected chi connectivity index (χ3v) is 2.85. The lowest BCUT2D eigenvalue weighted by atomic mass is 10.1. The van der Waals surface area contributed by atoms with Crippen molar-refractivity contribution in [3.05, 3.63) is 29.6 Å². The summed E-state index contributed by atoms with van der Waals surface area (Å²) in [7, 11) is 0.